The molecule has 5 heteroatoms. The van der Waals surface area contributed by atoms with Gasteiger partial charge in [-0.3, -0.25) is 0 Å². The molecule has 37 heavy (non-hydrogen) atoms. The van der Waals surface area contributed by atoms with E-state index in [0.717, 1.165) is 17.8 Å². The molecule has 0 amide bonds. The third kappa shape index (κ3) is 14.3. The summed E-state index contributed by atoms with van der Waals surface area (Å²) in [5, 5.41) is 12.4. The molecule has 0 aliphatic carbocycles. The third-order valence-electron chi connectivity index (χ3n) is 6.50. The number of carbonyl (C=O) groups excluding carboxylic acids is 1. The maximum atomic E-state index is 12.0. The Kier molecular flexibility index (Phi) is 15.6. The highest BCUT2D eigenvalue weighted by atomic mass is 16.5. The molecule has 202 valence electrons. The molecule has 0 spiro atoms. The number of hydrogen-bond acceptors (Lipinski definition) is 4. The van der Waals surface area contributed by atoms with E-state index in [1.165, 1.54) is 120 Å². The normalized spacial score (nSPS) is 11.1. The second-order valence-electron chi connectivity index (χ2n) is 9.73. The fourth-order valence-electron chi connectivity index (χ4n) is 4.24. The lowest BCUT2D eigenvalue weighted by Crippen LogP contribution is -2.04. The Morgan fingerprint density at radius 1 is 0.730 bits per heavy atom. The highest BCUT2D eigenvalue weighted by Gasteiger charge is 2.04. The minimum atomic E-state index is -1.02. The zero-order chi connectivity index (χ0) is 26.6. The lowest BCUT2D eigenvalue weighted by molar-refractivity contribution is -0.128. The van der Waals surface area contributed by atoms with Gasteiger partial charge in [-0.1, -0.05) is 103 Å². The molecule has 5 nitrogen and oxygen atoms in total. The van der Waals surface area contributed by atoms with Crippen LogP contribution in [0.1, 0.15) is 113 Å². The Hall–Kier alpha value is -3.08. The van der Waals surface area contributed by atoms with E-state index in [-0.39, 0.29) is 5.56 Å². The Balaban J connectivity index is 1.49. The zero-order valence-electron chi connectivity index (χ0n) is 22.6. The van der Waals surface area contributed by atoms with E-state index in [1.54, 1.807) is 6.08 Å². The molecule has 0 fully saturated rings. The van der Waals surface area contributed by atoms with E-state index in [4.69, 9.17) is 9.84 Å². The second-order valence-corrected chi connectivity index (χ2v) is 9.73. The van der Waals surface area contributed by atoms with Gasteiger partial charge in [0, 0.05) is 18.3 Å². The van der Waals surface area contributed by atoms with Crippen LogP contribution in [0.4, 0.5) is 5.69 Å². The molecule has 0 heterocycles. The van der Waals surface area contributed by atoms with Crippen LogP contribution in [-0.4, -0.2) is 23.6 Å². The largest absolute Gasteiger partial charge is 0.478 e. The molecule has 0 unspecified atom stereocenters. The van der Waals surface area contributed by atoms with Gasteiger partial charge >= 0.3 is 11.9 Å². The van der Waals surface area contributed by atoms with Crippen molar-refractivity contribution in [3.63, 3.8) is 0 Å². The highest BCUT2D eigenvalue weighted by Crippen LogP contribution is 2.15. The lowest BCUT2D eigenvalue weighted by Gasteiger charge is -2.07. The van der Waals surface area contributed by atoms with E-state index in [2.05, 4.69) is 12.2 Å². The molecule has 2 aromatic rings. The summed E-state index contributed by atoms with van der Waals surface area (Å²) >= 11 is 0. The Morgan fingerprint density at radius 3 is 1.76 bits per heavy atom. The standard InChI is InChI=1S/C32H45NO4/c1-2-3-4-5-6-7-8-9-10-11-12-13-14-15-26-33-29-21-16-27(17-22-29)18-25-31(34)37-30-23-19-28(20-24-30)32(35)36/h16-25,33H,2-15,26H2,1H3,(H,35,36). The first kappa shape index (κ1) is 30.1. The van der Waals surface area contributed by atoms with Crippen molar-refractivity contribution < 1.29 is 19.4 Å². The number of carboxylic acid groups (broad SMARTS) is 1. The summed E-state index contributed by atoms with van der Waals surface area (Å²) in [7, 11) is 0. The van der Waals surface area contributed by atoms with Gasteiger partial charge in [0.15, 0.2) is 0 Å². The van der Waals surface area contributed by atoms with E-state index in [0.29, 0.717) is 5.75 Å². The molecule has 2 rings (SSSR count). The van der Waals surface area contributed by atoms with Crippen LogP contribution < -0.4 is 10.1 Å². The quantitative estimate of drug-likeness (QED) is 0.0810. The van der Waals surface area contributed by atoms with Crippen LogP contribution in [-0.2, 0) is 4.79 Å². The Bertz CT molecular complexity index is 919. The van der Waals surface area contributed by atoms with Crippen molar-refractivity contribution in [2.24, 2.45) is 0 Å². The molecule has 0 atom stereocenters. The number of hydrogen-bond donors (Lipinski definition) is 2. The number of rotatable bonds is 20. The molecule has 0 saturated carbocycles. The summed E-state index contributed by atoms with van der Waals surface area (Å²) in [4.78, 5) is 22.9. The predicted molar refractivity (Wildman–Crippen MR) is 153 cm³/mol. The van der Waals surface area contributed by atoms with Crippen molar-refractivity contribution >= 4 is 23.7 Å². The molecule has 0 aliphatic heterocycles. The average molecular weight is 508 g/mol. The first-order chi connectivity index (χ1) is 18.1. The number of aromatic carboxylic acids is 1. The summed E-state index contributed by atoms with van der Waals surface area (Å²) in [5.74, 6) is -1.22. The van der Waals surface area contributed by atoms with Crippen LogP contribution in [0.5, 0.6) is 5.75 Å². The minimum Gasteiger partial charge on any atom is -0.478 e. The van der Waals surface area contributed by atoms with E-state index >= 15 is 0 Å². The van der Waals surface area contributed by atoms with Gasteiger partial charge in [0.05, 0.1) is 5.56 Å². The number of unbranched alkanes of at least 4 members (excludes halogenated alkanes) is 13. The summed E-state index contributed by atoms with van der Waals surface area (Å²) in [5.41, 5.74) is 2.13. The molecule has 0 saturated heterocycles. The van der Waals surface area contributed by atoms with Gasteiger partial charge in [-0.25, -0.2) is 9.59 Å². The Morgan fingerprint density at radius 2 is 1.24 bits per heavy atom. The molecule has 0 aromatic heterocycles. The fourth-order valence-corrected chi connectivity index (χ4v) is 4.24. The van der Waals surface area contributed by atoms with Crippen LogP contribution in [0.25, 0.3) is 6.08 Å². The first-order valence-corrected chi connectivity index (χ1v) is 14.2. The van der Waals surface area contributed by atoms with Crippen molar-refractivity contribution in [3.05, 3.63) is 65.7 Å². The smallest absolute Gasteiger partial charge is 0.336 e. The van der Waals surface area contributed by atoms with Crippen molar-refractivity contribution in [2.45, 2.75) is 96.8 Å². The van der Waals surface area contributed by atoms with Crippen molar-refractivity contribution in [1.29, 1.82) is 0 Å². The van der Waals surface area contributed by atoms with Crippen molar-refractivity contribution in [2.75, 3.05) is 11.9 Å². The molecule has 0 radical (unpaired) electrons. The van der Waals surface area contributed by atoms with E-state index < -0.39 is 11.9 Å². The zero-order valence-corrected chi connectivity index (χ0v) is 22.6. The maximum Gasteiger partial charge on any atom is 0.336 e. The van der Waals surface area contributed by atoms with Crippen molar-refractivity contribution in [1.82, 2.24) is 0 Å². The molecule has 2 N–H and O–H groups in total. The van der Waals surface area contributed by atoms with E-state index in [9.17, 15) is 9.59 Å². The van der Waals surface area contributed by atoms with Gasteiger partial charge in [-0.05, 0) is 54.5 Å². The maximum absolute atomic E-state index is 12.0. The van der Waals surface area contributed by atoms with Crippen molar-refractivity contribution in [3.8, 4) is 5.75 Å². The topological polar surface area (TPSA) is 75.6 Å². The average Bonchev–Trinajstić information content (AvgIpc) is 2.90. The third-order valence-corrected chi connectivity index (χ3v) is 6.50. The highest BCUT2D eigenvalue weighted by molar-refractivity contribution is 5.89. The van der Waals surface area contributed by atoms with Gasteiger partial charge in [0.1, 0.15) is 5.75 Å². The summed E-state index contributed by atoms with van der Waals surface area (Å²) in [6.45, 7) is 3.25. The number of anilines is 1. The number of benzene rings is 2. The number of esters is 1. The minimum absolute atomic E-state index is 0.147. The fraction of sp³-hybridized carbons (Fsp3) is 0.500. The van der Waals surface area contributed by atoms with Crippen LogP contribution >= 0.6 is 0 Å². The summed E-state index contributed by atoms with van der Waals surface area (Å²) < 4.78 is 5.20. The lowest BCUT2D eigenvalue weighted by atomic mass is 10.0. The molecule has 2 aromatic carbocycles. The van der Waals surface area contributed by atoms with E-state index in [1.807, 2.05) is 24.3 Å². The van der Waals surface area contributed by atoms with Gasteiger partial charge < -0.3 is 15.2 Å². The van der Waals surface area contributed by atoms with Gasteiger partial charge in [-0.15, -0.1) is 0 Å². The number of nitrogens with one attached hydrogen (secondary N) is 1. The summed E-state index contributed by atoms with van der Waals surface area (Å²) in [6, 6.07) is 13.7. The molecular weight excluding hydrogens is 462 g/mol. The van der Waals surface area contributed by atoms with Gasteiger partial charge in [-0.2, -0.15) is 0 Å². The summed E-state index contributed by atoms with van der Waals surface area (Å²) in [6.07, 6.45) is 22.2. The van der Waals surface area contributed by atoms with Crippen LogP contribution in [0, 0.1) is 0 Å². The SMILES string of the molecule is CCCCCCCCCCCCCCCCNc1ccc(C=CC(=O)Oc2ccc(C(=O)O)cc2)cc1. The van der Waals surface area contributed by atoms with Crippen LogP contribution in [0.15, 0.2) is 54.6 Å². The number of carbonyl (C=O) groups is 2. The van der Waals surface area contributed by atoms with Crippen LogP contribution in [0.2, 0.25) is 0 Å². The van der Waals surface area contributed by atoms with Crippen LogP contribution in [0.3, 0.4) is 0 Å². The number of carboxylic acids is 1. The van der Waals surface area contributed by atoms with Gasteiger partial charge in [0.2, 0.25) is 0 Å². The molecule has 0 aliphatic rings. The predicted octanol–water partition coefficient (Wildman–Crippen LogP) is 8.90. The monoisotopic (exact) mass is 507 g/mol. The van der Waals surface area contributed by atoms with Gasteiger partial charge in [0.25, 0.3) is 0 Å². The first-order valence-electron chi connectivity index (χ1n) is 14.2. The number of ether oxygens (including phenoxy) is 1. The Labute approximate surface area is 223 Å². The molecular formula is C32H45NO4. The second kappa shape index (κ2) is 19.1. The molecule has 0 bridgehead atoms.